The Morgan fingerprint density at radius 2 is 2.33 bits per heavy atom. The molecule has 0 rings (SSSR count). The van der Waals surface area contributed by atoms with E-state index >= 15 is 0 Å². The molecule has 0 aromatic rings. The molecule has 0 saturated heterocycles. The average Bonchev–Trinajstić information content (AvgIpc) is 1.82. The fourth-order valence-corrected chi connectivity index (χ4v) is 0.513. The normalized spacial score (nSPS) is 11.3. The molecule has 0 aliphatic rings. The predicted octanol–water partition coefficient (Wildman–Crippen LogP) is 1.12. The standard InChI is InChI=1S/C7H10O2/c1-3-5-6(4-2)7(8)9/h6H,4H2,1-2H3,(H,8,9). The molecule has 0 saturated carbocycles. The van der Waals surface area contributed by atoms with Gasteiger partial charge in [0.2, 0.25) is 0 Å². The monoisotopic (exact) mass is 126 g/mol. The van der Waals surface area contributed by atoms with Crippen LogP contribution in [0.25, 0.3) is 0 Å². The van der Waals surface area contributed by atoms with E-state index in [1.54, 1.807) is 6.92 Å². The number of rotatable bonds is 2. The summed E-state index contributed by atoms with van der Waals surface area (Å²) in [6.45, 7) is 3.45. The predicted molar refractivity (Wildman–Crippen MR) is 34.9 cm³/mol. The maximum absolute atomic E-state index is 10.2. The zero-order chi connectivity index (χ0) is 7.28. The Kier molecular flexibility index (Phi) is 3.54. The molecule has 0 heterocycles. The van der Waals surface area contributed by atoms with Gasteiger partial charge in [-0.2, -0.15) is 0 Å². The van der Waals surface area contributed by atoms with Crippen LogP contribution in [0.3, 0.4) is 0 Å². The Bertz CT molecular complexity index is 150. The molecule has 9 heavy (non-hydrogen) atoms. The van der Waals surface area contributed by atoms with E-state index in [4.69, 9.17) is 5.11 Å². The quantitative estimate of drug-likeness (QED) is 0.563. The lowest BCUT2D eigenvalue weighted by molar-refractivity contribution is -0.139. The Morgan fingerprint density at radius 1 is 1.78 bits per heavy atom. The number of carbonyl (C=O) groups is 1. The van der Waals surface area contributed by atoms with Crippen LogP contribution in [0.15, 0.2) is 0 Å². The molecule has 50 valence electrons. The van der Waals surface area contributed by atoms with Gasteiger partial charge in [-0.05, 0) is 13.3 Å². The Balaban J connectivity index is 3.94. The first-order valence-corrected chi connectivity index (χ1v) is 2.87. The van der Waals surface area contributed by atoms with Crippen molar-refractivity contribution in [1.82, 2.24) is 0 Å². The highest BCUT2D eigenvalue weighted by atomic mass is 16.4. The number of hydrogen-bond acceptors (Lipinski definition) is 1. The summed E-state index contributed by atoms with van der Waals surface area (Å²) in [7, 11) is 0. The molecular formula is C7H10O2. The summed E-state index contributed by atoms with van der Waals surface area (Å²) in [5.41, 5.74) is 0. The molecule has 0 bridgehead atoms. The minimum Gasteiger partial charge on any atom is -0.480 e. The molecule has 1 N–H and O–H groups in total. The fourth-order valence-electron chi connectivity index (χ4n) is 0.513. The zero-order valence-corrected chi connectivity index (χ0v) is 5.64. The molecule has 1 atom stereocenters. The summed E-state index contributed by atoms with van der Waals surface area (Å²) in [5, 5.41) is 8.40. The zero-order valence-electron chi connectivity index (χ0n) is 5.64. The highest BCUT2D eigenvalue weighted by Gasteiger charge is 2.09. The smallest absolute Gasteiger partial charge is 0.318 e. The Labute approximate surface area is 54.9 Å². The van der Waals surface area contributed by atoms with Crippen LogP contribution >= 0.6 is 0 Å². The van der Waals surface area contributed by atoms with Crippen molar-refractivity contribution in [3.05, 3.63) is 0 Å². The maximum Gasteiger partial charge on any atom is 0.318 e. The molecule has 0 aromatic heterocycles. The van der Waals surface area contributed by atoms with E-state index in [1.807, 2.05) is 6.92 Å². The van der Waals surface area contributed by atoms with Crippen LogP contribution in [-0.2, 0) is 4.79 Å². The van der Waals surface area contributed by atoms with Crippen molar-refractivity contribution in [3.63, 3.8) is 0 Å². The highest BCUT2D eigenvalue weighted by Crippen LogP contribution is 1.98. The summed E-state index contributed by atoms with van der Waals surface area (Å²) in [5.74, 6) is 3.85. The summed E-state index contributed by atoms with van der Waals surface area (Å²) < 4.78 is 0. The number of carboxylic acids is 1. The van der Waals surface area contributed by atoms with Crippen LogP contribution in [0.2, 0.25) is 0 Å². The molecule has 2 heteroatoms. The first-order valence-electron chi connectivity index (χ1n) is 2.87. The van der Waals surface area contributed by atoms with Crippen LogP contribution in [-0.4, -0.2) is 11.1 Å². The van der Waals surface area contributed by atoms with Crippen molar-refractivity contribution in [3.8, 4) is 11.8 Å². The third kappa shape index (κ3) is 2.76. The van der Waals surface area contributed by atoms with Crippen molar-refractivity contribution in [2.24, 2.45) is 5.92 Å². The molecule has 0 fully saturated rings. The lowest BCUT2D eigenvalue weighted by atomic mass is 10.1. The Hall–Kier alpha value is -0.970. The molecule has 0 radical (unpaired) electrons. The van der Waals surface area contributed by atoms with Gasteiger partial charge in [-0.25, -0.2) is 0 Å². The third-order valence-corrected chi connectivity index (χ3v) is 1.02. The second-order valence-corrected chi connectivity index (χ2v) is 1.69. The van der Waals surface area contributed by atoms with Gasteiger partial charge in [0.05, 0.1) is 0 Å². The molecule has 2 nitrogen and oxygen atoms in total. The molecule has 0 aliphatic heterocycles. The van der Waals surface area contributed by atoms with Crippen molar-refractivity contribution in [2.75, 3.05) is 0 Å². The van der Waals surface area contributed by atoms with Crippen molar-refractivity contribution in [2.45, 2.75) is 20.3 Å². The van der Waals surface area contributed by atoms with Gasteiger partial charge in [0.15, 0.2) is 0 Å². The SMILES string of the molecule is CC#CC(CC)C(=O)O. The molecule has 1 unspecified atom stereocenters. The average molecular weight is 126 g/mol. The topological polar surface area (TPSA) is 37.3 Å². The summed E-state index contributed by atoms with van der Waals surface area (Å²) in [4.78, 5) is 10.2. The van der Waals surface area contributed by atoms with Gasteiger partial charge in [0, 0.05) is 0 Å². The van der Waals surface area contributed by atoms with Crippen molar-refractivity contribution in [1.29, 1.82) is 0 Å². The van der Waals surface area contributed by atoms with E-state index < -0.39 is 11.9 Å². The van der Waals surface area contributed by atoms with Crippen molar-refractivity contribution < 1.29 is 9.90 Å². The van der Waals surface area contributed by atoms with Gasteiger partial charge in [-0.3, -0.25) is 4.79 Å². The lowest BCUT2D eigenvalue weighted by Gasteiger charge is -1.96. The summed E-state index contributed by atoms with van der Waals surface area (Å²) >= 11 is 0. The second kappa shape index (κ2) is 3.96. The second-order valence-electron chi connectivity index (χ2n) is 1.69. The van der Waals surface area contributed by atoms with Gasteiger partial charge >= 0.3 is 5.97 Å². The van der Waals surface area contributed by atoms with Crippen LogP contribution in [0.5, 0.6) is 0 Å². The number of carboxylic acid groups (broad SMARTS) is 1. The number of aliphatic carboxylic acids is 1. The fraction of sp³-hybridized carbons (Fsp3) is 0.571. The van der Waals surface area contributed by atoms with E-state index in [0.29, 0.717) is 6.42 Å². The van der Waals surface area contributed by atoms with Gasteiger partial charge in [-0.15, -0.1) is 5.92 Å². The first-order chi connectivity index (χ1) is 4.22. The maximum atomic E-state index is 10.2. The Morgan fingerprint density at radius 3 is 2.44 bits per heavy atom. The first kappa shape index (κ1) is 8.03. The minimum atomic E-state index is -0.827. The molecular weight excluding hydrogens is 116 g/mol. The molecule has 0 spiro atoms. The van der Waals surface area contributed by atoms with Gasteiger partial charge in [0.1, 0.15) is 5.92 Å². The van der Waals surface area contributed by atoms with Gasteiger partial charge in [0.25, 0.3) is 0 Å². The van der Waals surface area contributed by atoms with Crippen molar-refractivity contribution >= 4 is 5.97 Å². The summed E-state index contributed by atoms with van der Waals surface area (Å²) in [6.07, 6.45) is 0.580. The third-order valence-electron chi connectivity index (χ3n) is 1.02. The van der Waals surface area contributed by atoms with Crippen LogP contribution < -0.4 is 0 Å². The lowest BCUT2D eigenvalue weighted by Crippen LogP contribution is -2.09. The van der Waals surface area contributed by atoms with Gasteiger partial charge < -0.3 is 5.11 Å². The largest absolute Gasteiger partial charge is 0.480 e. The minimum absolute atomic E-state index is 0.477. The van der Waals surface area contributed by atoms with Gasteiger partial charge in [-0.1, -0.05) is 12.8 Å². The van der Waals surface area contributed by atoms with E-state index in [-0.39, 0.29) is 0 Å². The molecule has 0 amide bonds. The number of hydrogen-bond donors (Lipinski definition) is 1. The van der Waals surface area contributed by atoms with E-state index in [9.17, 15) is 4.79 Å². The van der Waals surface area contributed by atoms with Crippen LogP contribution in [0, 0.1) is 17.8 Å². The van der Waals surface area contributed by atoms with E-state index in [1.165, 1.54) is 0 Å². The van der Waals surface area contributed by atoms with Crippen LogP contribution in [0.4, 0.5) is 0 Å². The van der Waals surface area contributed by atoms with E-state index in [0.717, 1.165) is 0 Å². The van der Waals surface area contributed by atoms with Crippen LogP contribution in [0.1, 0.15) is 20.3 Å². The highest BCUT2D eigenvalue weighted by molar-refractivity contribution is 5.73. The molecule has 0 aliphatic carbocycles. The summed E-state index contributed by atoms with van der Waals surface area (Å²) in [6, 6.07) is 0. The molecule has 0 aromatic carbocycles. The van der Waals surface area contributed by atoms with E-state index in [2.05, 4.69) is 11.8 Å².